The van der Waals surface area contributed by atoms with Crippen molar-refractivity contribution in [3.05, 3.63) is 53.1 Å². The number of fused-ring (bicyclic) bond motifs is 1. The second-order valence-electron chi connectivity index (χ2n) is 4.45. The van der Waals surface area contributed by atoms with E-state index < -0.39 is 0 Å². The first-order valence-electron chi connectivity index (χ1n) is 5.78. The molecule has 1 atom stereocenters. The van der Waals surface area contributed by atoms with Gasteiger partial charge in [0, 0.05) is 5.56 Å². The molecule has 1 aliphatic rings. The Hall–Kier alpha value is -0.940. The SMILES string of the molecule is CC1(I)C=Cc2nc(-c3ccccc3)sc2C=C1. The zero-order valence-electron chi connectivity index (χ0n) is 9.93. The van der Waals surface area contributed by atoms with Gasteiger partial charge in [0.15, 0.2) is 0 Å². The first-order valence-corrected chi connectivity index (χ1v) is 7.67. The van der Waals surface area contributed by atoms with E-state index in [0.717, 1.165) is 10.7 Å². The van der Waals surface area contributed by atoms with Crippen molar-refractivity contribution in [1.29, 1.82) is 0 Å². The second-order valence-corrected chi connectivity index (χ2v) is 7.81. The maximum absolute atomic E-state index is 4.72. The van der Waals surface area contributed by atoms with Gasteiger partial charge < -0.3 is 0 Å². The average Bonchev–Trinajstić information content (AvgIpc) is 2.73. The quantitative estimate of drug-likeness (QED) is 0.510. The third-order valence-corrected chi connectivity index (χ3v) is 4.63. The molecule has 0 radical (unpaired) electrons. The second kappa shape index (κ2) is 4.63. The van der Waals surface area contributed by atoms with E-state index in [1.165, 1.54) is 10.4 Å². The Balaban J connectivity index is 2.04. The number of benzene rings is 1. The summed E-state index contributed by atoms with van der Waals surface area (Å²) in [5.41, 5.74) is 2.27. The van der Waals surface area contributed by atoms with Crippen molar-refractivity contribution < 1.29 is 0 Å². The minimum Gasteiger partial charge on any atom is -0.236 e. The number of thiazole rings is 1. The van der Waals surface area contributed by atoms with Crippen molar-refractivity contribution in [3.8, 4) is 10.6 Å². The normalized spacial score (nSPS) is 21.7. The summed E-state index contributed by atoms with van der Waals surface area (Å²) in [6.45, 7) is 2.19. The molecule has 1 nitrogen and oxygen atoms in total. The van der Waals surface area contributed by atoms with Crippen LogP contribution in [-0.2, 0) is 0 Å². The molecule has 1 unspecified atom stereocenters. The van der Waals surface area contributed by atoms with E-state index >= 15 is 0 Å². The maximum atomic E-state index is 4.72. The molecule has 2 aromatic rings. The summed E-state index contributed by atoms with van der Waals surface area (Å²) in [7, 11) is 0. The molecular formula is C15H12INS. The predicted molar refractivity (Wildman–Crippen MR) is 88.0 cm³/mol. The van der Waals surface area contributed by atoms with Crippen molar-refractivity contribution in [2.24, 2.45) is 0 Å². The third-order valence-electron chi connectivity index (χ3n) is 2.83. The van der Waals surface area contributed by atoms with E-state index in [4.69, 9.17) is 4.98 Å². The molecule has 0 bridgehead atoms. The first kappa shape index (κ1) is 12.1. The molecule has 0 saturated carbocycles. The fourth-order valence-corrected chi connectivity index (χ4v) is 3.14. The summed E-state index contributed by atoms with van der Waals surface area (Å²) in [5, 5.41) is 1.09. The molecule has 0 fully saturated rings. The highest BCUT2D eigenvalue weighted by Crippen LogP contribution is 2.34. The van der Waals surface area contributed by atoms with Crippen molar-refractivity contribution >= 4 is 46.1 Å². The lowest BCUT2D eigenvalue weighted by Gasteiger charge is -2.09. The van der Waals surface area contributed by atoms with Crippen LogP contribution in [0.25, 0.3) is 22.7 Å². The lowest BCUT2D eigenvalue weighted by Crippen LogP contribution is -2.04. The predicted octanol–water partition coefficient (Wildman–Crippen LogP) is 5.04. The molecule has 1 aromatic heterocycles. The zero-order valence-corrected chi connectivity index (χ0v) is 12.9. The molecule has 1 aromatic carbocycles. The van der Waals surface area contributed by atoms with E-state index in [9.17, 15) is 0 Å². The van der Waals surface area contributed by atoms with Crippen LogP contribution in [0.4, 0.5) is 0 Å². The molecule has 0 aliphatic heterocycles. The van der Waals surface area contributed by atoms with Crippen LogP contribution in [0.1, 0.15) is 17.5 Å². The molecule has 0 N–H and O–H groups in total. The molecule has 0 amide bonds. The van der Waals surface area contributed by atoms with Crippen LogP contribution in [-0.4, -0.2) is 8.41 Å². The van der Waals surface area contributed by atoms with E-state index in [2.05, 4.69) is 78.1 Å². The molecule has 90 valence electrons. The van der Waals surface area contributed by atoms with E-state index in [1.807, 2.05) is 6.07 Å². The van der Waals surface area contributed by atoms with E-state index in [0.29, 0.717) is 0 Å². The Kier molecular flexibility index (Phi) is 3.11. The summed E-state index contributed by atoms with van der Waals surface area (Å²) < 4.78 is 0.0884. The maximum Gasteiger partial charge on any atom is 0.124 e. The number of alkyl halides is 1. The smallest absolute Gasteiger partial charge is 0.124 e. The van der Waals surface area contributed by atoms with Crippen molar-refractivity contribution in [2.75, 3.05) is 0 Å². The standard InChI is InChI=1S/C15H12INS/c1-15(16)9-7-12-13(8-10-15)18-14(17-12)11-5-3-2-4-6-11/h2-10H,1H3. The van der Waals surface area contributed by atoms with Crippen LogP contribution in [0.3, 0.4) is 0 Å². The Morgan fingerprint density at radius 1 is 1.11 bits per heavy atom. The molecule has 18 heavy (non-hydrogen) atoms. The molecule has 1 aliphatic carbocycles. The van der Waals surface area contributed by atoms with Crippen LogP contribution >= 0.6 is 33.9 Å². The fourth-order valence-electron chi connectivity index (χ4n) is 1.82. The van der Waals surface area contributed by atoms with Crippen LogP contribution < -0.4 is 0 Å². The van der Waals surface area contributed by atoms with Crippen LogP contribution in [0.2, 0.25) is 0 Å². The summed E-state index contributed by atoms with van der Waals surface area (Å²) in [4.78, 5) is 5.96. The monoisotopic (exact) mass is 365 g/mol. The summed E-state index contributed by atoms with van der Waals surface area (Å²) in [6.07, 6.45) is 8.74. The Labute approximate surface area is 124 Å². The van der Waals surface area contributed by atoms with Gasteiger partial charge in [-0.25, -0.2) is 4.98 Å². The molecular weight excluding hydrogens is 353 g/mol. The first-order chi connectivity index (χ1) is 8.64. The van der Waals surface area contributed by atoms with Gasteiger partial charge in [-0.15, -0.1) is 11.3 Å². The third kappa shape index (κ3) is 2.42. The highest BCUT2D eigenvalue weighted by Gasteiger charge is 2.17. The summed E-state index contributed by atoms with van der Waals surface area (Å²) in [5.74, 6) is 0. The van der Waals surface area contributed by atoms with Crippen molar-refractivity contribution in [2.45, 2.75) is 10.3 Å². The minimum atomic E-state index is 0.0884. The molecule has 3 heteroatoms. The fraction of sp³-hybridized carbons (Fsp3) is 0.133. The zero-order chi connectivity index (χ0) is 12.6. The average molecular weight is 365 g/mol. The highest BCUT2D eigenvalue weighted by atomic mass is 127. The number of nitrogens with zero attached hydrogens (tertiary/aromatic N) is 1. The van der Waals surface area contributed by atoms with Gasteiger partial charge in [0.1, 0.15) is 5.01 Å². The van der Waals surface area contributed by atoms with Crippen LogP contribution in [0.5, 0.6) is 0 Å². The molecule has 0 saturated heterocycles. The van der Waals surface area contributed by atoms with Gasteiger partial charge in [-0.2, -0.15) is 0 Å². The summed E-state index contributed by atoms with van der Waals surface area (Å²) >= 11 is 4.18. The van der Waals surface area contributed by atoms with Gasteiger partial charge in [0.2, 0.25) is 0 Å². The summed E-state index contributed by atoms with van der Waals surface area (Å²) in [6, 6.07) is 10.3. The minimum absolute atomic E-state index is 0.0884. The van der Waals surface area contributed by atoms with Gasteiger partial charge in [-0.3, -0.25) is 0 Å². The Bertz CT molecular complexity index is 590. The van der Waals surface area contributed by atoms with E-state index in [-0.39, 0.29) is 3.42 Å². The topological polar surface area (TPSA) is 12.9 Å². The van der Waals surface area contributed by atoms with Crippen molar-refractivity contribution in [1.82, 2.24) is 4.98 Å². The number of allylic oxidation sites excluding steroid dienone is 2. The molecule has 1 heterocycles. The lowest BCUT2D eigenvalue weighted by atomic mass is 10.2. The largest absolute Gasteiger partial charge is 0.236 e. The van der Waals surface area contributed by atoms with Gasteiger partial charge in [-0.1, -0.05) is 65.1 Å². The van der Waals surface area contributed by atoms with Crippen LogP contribution in [0, 0.1) is 0 Å². The van der Waals surface area contributed by atoms with E-state index in [1.54, 1.807) is 11.3 Å². The molecule has 3 rings (SSSR count). The van der Waals surface area contributed by atoms with Gasteiger partial charge in [0.05, 0.1) is 14.0 Å². The Morgan fingerprint density at radius 2 is 1.83 bits per heavy atom. The van der Waals surface area contributed by atoms with Crippen molar-refractivity contribution in [3.63, 3.8) is 0 Å². The van der Waals surface area contributed by atoms with Crippen LogP contribution in [0.15, 0.2) is 42.5 Å². The number of hydrogen-bond donors (Lipinski definition) is 0. The van der Waals surface area contributed by atoms with Gasteiger partial charge in [0.25, 0.3) is 0 Å². The number of halogens is 1. The lowest BCUT2D eigenvalue weighted by molar-refractivity contribution is 1.07. The van der Waals surface area contributed by atoms with Gasteiger partial charge >= 0.3 is 0 Å². The number of hydrogen-bond acceptors (Lipinski definition) is 2. The van der Waals surface area contributed by atoms with Gasteiger partial charge in [-0.05, 0) is 19.1 Å². The number of aromatic nitrogens is 1. The Morgan fingerprint density at radius 3 is 2.61 bits per heavy atom. The number of rotatable bonds is 1. The highest BCUT2D eigenvalue weighted by molar-refractivity contribution is 14.1. The molecule has 0 spiro atoms.